The zero-order valence-corrected chi connectivity index (χ0v) is 10.1. The summed E-state index contributed by atoms with van der Waals surface area (Å²) in [7, 11) is 0. The molecule has 0 rings (SSSR count). The lowest BCUT2D eigenvalue weighted by Gasteiger charge is -2.22. The van der Waals surface area contributed by atoms with Crippen molar-refractivity contribution in [3.8, 4) is 0 Å². The third kappa shape index (κ3) is 7.06. The molecular weight excluding hydrogens is 158 g/mol. The Bertz CT molecular complexity index is 108. The van der Waals surface area contributed by atoms with E-state index in [0.29, 0.717) is 6.04 Å². The molecule has 1 atom stereocenters. The molecule has 0 aliphatic carbocycles. The molecular formula is C12H27N. The first kappa shape index (κ1) is 13.0. The number of hydrogen-bond donors (Lipinski definition) is 1. The largest absolute Gasteiger partial charge is 0.314 e. The van der Waals surface area contributed by atoms with Gasteiger partial charge in [-0.2, -0.15) is 0 Å². The Labute approximate surface area is 84.3 Å². The van der Waals surface area contributed by atoms with Gasteiger partial charge >= 0.3 is 0 Å². The molecule has 0 aliphatic heterocycles. The van der Waals surface area contributed by atoms with Crippen LogP contribution in [0.3, 0.4) is 0 Å². The van der Waals surface area contributed by atoms with Crippen LogP contribution in [0.25, 0.3) is 0 Å². The zero-order valence-electron chi connectivity index (χ0n) is 10.1. The molecule has 0 saturated heterocycles. The van der Waals surface area contributed by atoms with E-state index in [1.165, 1.54) is 25.8 Å². The van der Waals surface area contributed by atoms with E-state index in [0.717, 1.165) is 11.8 Å². The van der Waals surface area contributed by atoms with Crippen LogP contribution >= 0.6 is 0 Å². The maximum Gasteiger partial charge on any atom is 0.00104 e. The fourth-order valence-corrected chi connectivity index (χ4v) is 1.52. The lowest BCUT2D eigenvalue weighted by molar-refractivity contribution is 0.323. The number of hydrogen-bond acceptors (Lipinski definition) is 1. The van der Waals surface area contributed by atoms with E-state index in [-0.39, 0.29) is 0 Å². The maximum absolute atomic E-state index is 3.54. The van der Waals surface area contributed by atoms with Crippen molar-refractivity contribution in [2.75, 3.05) is 6.54 Å². The van der Waals surface area contributed by atoms with Crippen molar-refractivity contribution in [2.45, 2.75) is 59.9 Å². The highest BCUT2D eigenvalue weighted by Gasteiger charge is 2.12. The molecule has 13 heavy (non-hydrogen) atoms. The standard InChI is InChI=1S/C12H27N/c1-6-7-8-12(10(2)3)9-13-11(4)5/h10-13H,6-9H2,1-5H3/t12-/m1/s1. The summed E-state index contributed by atoms with van der Waals surface area (Å²) in [5.41, 5.74) is 0. The van der Waals surface area contributed by atoms with Crippen molar-refractivity contribution < 1.29 is 0 Å². The SMILES string of the molecule is CCCC[C@H](CNC(C)C)C(C)C. The van der Waals surface area contributed by atoms with Crippen LogP contribution in [0.4, 0.5) is 0 Å². The van der Waals surface area contributed by atoms with E-state index in [9.17, 15) is 0 Å². The molecule has 0 aromatic carbocycles. The van der Waals surface area contributed by atoms with E-state index in [1.54, 1.807) is 0 Å². The van der Waals surface area contributed by atoms with Crippen molar-refractivity contribution in [3.05, 3.63) is 0 Å². The fourth-order valence-electron chi connectivity index (χ4n) is 1.52. The van der Waals surface area contributed by atoms with Crippen LogP contribution in [-0.2, 0) is 0 Å². The zero-order chi connectivity index (χ0) is 10.3. The molecule has 1 heteroatoms. The lowest BCUT2D eigenvalue weighted by Crippen LogP contribution is -2.31. The summed E-state index contributed by atoms with van der Waals surface area (Å²) in [5.74, 6) is 1.68. The number of rotatable bonds is 7. The van der Waals surface area contributed by atoms with Gasteiger partial charge in [-0.25, -0.2) is 0 Å². The third-order valence-electron chi connectivity index (χ3n) is 2.66. The second kappa shape index (κ2) is 7.37. The average Bonchev–Trinajstić information content (AvgIpc) is 2.03. The van der Waals surface area contributed by atoms with E-state index < -0.39 is 0 Å². The van der Waals surface area contributed by atoms with E-state index >= 15 is 0 Å². The molecule has 0 amide bonds. The van der Waals surface area contributed by atoms with Crippen molar-refractivity contribution in [1.29, 1.82) is 0 Å². The average molecular weight is 185 g/mol. The fraction of sp³-hybridized carbons (Fsp3) is 1.00. The molecule has 80 valence electrons. The minimum absolute atomic E-state index is 0.628. The first-order chi connectivity index (χ1) is 6.07. The van der Waals surface area contributed by atoms with Crippen LogP contribution in [0.1, 0.15) is 53.9 Å². The summed E-state index contributed by atoms with van der Waals surface area (Å²) in [4.78, 5) is 0. The second-order valence-corrected chi connectivity index (χ2v) is 4.71. The molecule has 0 unspecified atom stereocenters. The van der Waals surface area contributed by atoms with Gasteiger partial charge in [0.1, 0.15) is 0 Å². The molecule has 1 N–H and O–H groups in total. The van der Waals surface area contributed by atoms with Gasteiger partial charge in [0.05, 0.1) is 0 Å². The molecule has 1 nitrogen and oxygen atoms in total. The monoisotopic (exact) mass is 185 g/mol. The number of nitrogens with one attached hydrogen (secondary N) is 1. The minimum atomic E-state index is 0.628. The summed E-state index contributed by atoms with van der Waals surface area (Å²) >= 11 is 0. The quantitative estimate of drug-likeness (QED) is 0.640. The van der Waals surface area contributed by atoms with Crippen LogP contribution in [0.2, 0.25) is 0 Å². The summed E-state index contributed by atoms with van der Waals surface area (Å²) < 4.78 is 0. The minimum Gasteiger partial charge on any atom is -0.314 e. The predicted octanol–water partition coefficient (Wildman–Crippen LogP) is 3.45. The van der Waals surface area contributed by atoms with Crippen molar-refractivity contribution in [2.24, 2.45) is 11.8 Å². The molecule has 0 aromatic heterocycles. The Morgan fingerprint density at radius 2 is 1.69 bits per heavy atom. The van der Waals surface area contributed by atoms with Crippen LogP contribution in [0.5, 0.6) is 0 Å². The van der Waals surface area contributed by atoms with Gasteiger partial charge in [-0.15, -0.1) is 0 Å². The molecule has 0 aliphatic rings. The Morgan fingerprint density at radius 1 is 1.08 bits per heavy atom. The Balaban J connectivity index is 3.67. The Morgan fingerprint density at radius 3 is 2.08 bits per heavy atom. The van der Waals surface area contributed by atoms with E-state index in [2.05, 4.69) is 39.9 Å². The van der Waals surface area contributed by atoms with Gasteiger partial charge in [0.25, 0.3) is 0 Å². The first-order valence-corrected chi connectivity index (χ1v) is 5.81. The van der Waals surface area contributed by atoms with E-state index in [1.807, 2.05) is 0 Å². The maximum atomic E-state index is 3.54. The van der Waals surface area contributed by atoms with Gasteiger partial charge < -0.3 is 5.32 Å². The molecule has 0 bridgehead atoms. The molecule has 0 fully saturated rings. The van der Waals surface area contributed by atoms with Crippen LogP contribution in [0.15, 0.2) is 0 Å². The third-order valence-corrected chi connectivity index (χ3v) is 2.66. The molecule has 0 spiro atoms. The van der Waals surface area contributed by atoms with Crippen LogP contribution < -0.4 is 5.32 Å². The van der Waals surface area contributed by atoms with E-state index in [4.69, 9.17) is 0 Å². The van der Waals surface area contributed by atoms with Crippen LogP contribution in [-0.4, -0.2) is 12.6 Å². The Hall–Kier alpha value is -0.0400. The van der Waals surface area contributed by atoms with Gasteiger partial charge in [0.15, 0.2) is 0 Å². The Kier molecular flexibility index (Phi) is 7.35. The molecule has 0 radical (unpaired) electrons. The van der Waals surface area contributed by atoms with Crippen molar-refractivity contribution in [3.63, 3.8) is 0 Å². The highest BCUT2D eigenvalue weighted by molar-refractivity contribution is 4.67. The molecule has 0 aromatic rings. The van der Waals surface area contributed by atoms with Crippen LogP contribution in [0, 0.1) is 11.8 Å². The highest BCUT2D eigenvalue weighted by atomic mass is 14.9. The smallest absolute Gasteiger partial charge is 0.00104 e. The van der Waals surface area contributed by atoms with Gasteiger partial charge in [-0.1, -0.05) is 47.5 Å². The molecule has 0 heterocycles. The summed E-state index contributed by atoms with van der Waals surface area (Å²) in [6, 6.07) is 0.628. The summed E-state index contributed by atoms with van der Waals surface area (Å²) in [5, 5.41) is 3.54. The van der Waals surface area contributed by atoms with Crippen molar-refractivity contribution >= 4 is 0 Å². The highest BCUT2D eigenvalue weighted by Crippen LogP contribution is 2.17. The topological polar surface area (TPSA) is 12.0 Å². The number of unbranched alkanes of at least 4 members (excludes halogenated alkanes) is 1. The normalized spacial score (nSPS) is 14.1. The molecule has 0 saturated carbocycles. The summed E-state index contributed by atoms with van der Waals surface area (Å²) in [6.07, 6.45) is 4.08. The first-order valence-electron chi connectivity index (χ1n) is 5.81. The lowest BCUT2D eigenvalue weighted by atomic mass is 9.90. The van der Waals surface area contributed by atoms with Gasteiger partial charge in [-0.3, -0.25) is 0 Å². The second-order valence-electron chi connectivity index (χ2n) is 4.71. The predicted molar refractivity (Wildman–Crippen MR) is 61.0 cm³/mol. The van der Waals surface area contributed by atoms with Crippen molar-refractivity contribution in [1.82, 2.24) is 5.32 Å². The van der Waals surface area contributed by atoms with Gasteiger partial charge in [0.2, 0.25) is 0 Å². The van der Waals surface area contributed by atoms with Gasteiger partial charge in [-0.05, 0) is 24.8 Å². The summed E-state index contributed by atoms with van der Waals surface area (Å²) in [6.45, 7) is 12.6. The van der Waals surface area contributed by atoms with Gasteiger partial charge in [0, 0.05) is 6.04 Å².